The van der Waals surface area contributed by atoms with E-state index in [-0.39, 0.29) is 36.7 Å². The molecule has 3 aromatic rings. The number of carbonyl (C=O) groups is 2. The zero-order valence-electron chi connectivity index (χ0n) is 15.1. The van der Waals surface area contributed by atoms with Gasteiger partial charge in [0.05, 0.1) is 17.0 Å². The molecule has 0 aliphatic carbocycles. The van der Waals surface area contributed by atoms with E-state index in [0.29, 0.717) is 16.1 Å². The fraction of sp³-hybridized carbons (Fsp3) is 0.200. The Kier molecular flexibility index (Phi) is 6.39. The van der Waals surface area contributed by atoms with Gasteiger partial charge in [-0.3, -0.25) is 9.59 Å². The van der Waals surface area contributed by atoms with E-state index in [0.717, 1.165) is 0 Å². The number of hydrogen-bond donors (Lipinski definition) is 1. The molecule has 0 aliphatic heterocycles. The summed E-state index contributed by atoms with van der Waals surface area (Å²) in [5.41, 5.74) is 1.13. The Morgan fingerprint density at radius 1 is 1.14 bits per heavy atom. The number of nitrogens with one attached hydrogen (secondary N) is 1. The fourth-order valence-electron chi connectivity index (χ4n) is 2.46. The van der Waals surface area contributed by atoms with E-state index < -0.39 is 5.97 Å². The highest BCUT2D eigenvalue weighted by Gasteiger charge is 2.16. The number of hydrogen-bond acceptors (Lipinski definition) is 6. The monoisotopic (exact) mass is 399 g/mol. The zero-order valence-corrected chi connectivity index (χ0v) is 15.8. The van der Waals surface area contributed by atoms with Crippen LogP contribution in [-0.2, 0) is 16.1 Å². The highest BCUT2D eigenvalue weighted by Crippen LogP contribution is 2.25. The van der Waals surface area contributed by atoms with Crippen molar-refractivity contribution < 1.29 is 18.8 Å². The minimum Gasteiger partial charge on any atom is -0.457 e. The molecule has 0 spiro atoms. The van der Waals surface area contributed by atoms with Crippen molar-refractivity contribution in [3.8, 4) is 11.5 Å². The SMILES string of the molecule is CC(CC(=O)OCc1noc(-c2ccccc2Cl)n1)NC(=O)c1ccccc1. The number of halogens is 1. The van der Waals surface area contributed by atoms with Crippen LogP contribution in [0.1, 0.15) is 29.5 Å². The summed E-state index contributed by atoms with van der Waals surface area (Å²) in [6.45, 7) is 1.60. The van der Waals surface area contributed by atoms with Crippen molar-refractivity contribution in [1.29, 1.82) is 0 Å². The molecule has 0 fully saturated rings. The summed E-state index contributed by atoms with van der Waals surface area (Å²) in [4.78, 5) is 28.2. The van der Waals surface area contributed by atoms with E-state index in [4.69, 9.17) is 20.9 Å². The maximum absolute atomic E-state index is 12.1. The lowest BCUT2D eigenvalue weighted by atomic mass is 10.2. The molecule has 0 bridgehead atoms. The summed E-state index contributed by atoms with van der Waals surface area (Å²) in [7, 11) is 0. The minimum atomic E-state index is -0.482. The quantitative estimate of drug-likeness (QED) is 0.609. The van der Waals surface area contributed by atoms with E-state index in [2.05, 4.69) is 15.5 Å². The van der Waals surface area contributed by atoms with Gasteiger partial charge in [-0.1, -0.05) is 47.1 Å². The molecule has 0 saturated heterocycles. The predicted molar refractivity (Wildman–Crippen MR) is 103 cm³/mol. The summed E-state index contributed by atoms with van der Waals surface area (Å²) < 4.78 is 10.3. The van der Waals surface area contributed by atoms with Crippen molar-refractivity contribution >= 4 is 23.5 Å². The minimum absolute atomic E-state index is 0.0216. The van der Waals surface area contributed by atoms with Crippen LogP contribution in [0.25, 0.3) is 11.5 Å². The molecule has 0 saturated carbocycles. The first-order valence-electron chi connectivity index (χ1n) is 8.62. The summed E-state index contributed by atoms with van der Waals surface area (Å²) in [6, 6.07) is 15.5. The van der Waals surface area contributed by atoms with Crippen molar-refractivity contribution in [2.24, 2.45) is 0 Å². The largest absolute Gasteiger partial charge is 0.457 e. The number of aromatic nitrogens is 2. The second-order valence-corrected chi connectivity index (χ2v) is 6.51. The third-order valence-corrected chi connectivity index (χ3v) is 4.15. The molecule has 7 nitrogen and oxygen atoms in total. The second-order valence-electron chi connectivity index (χ2n) is 6.10. The van der Waals surface area contributed by atoms with Crippen LogP contribution < -0.4 is 5.32 Å². The molecule has 1 aromatic heterocycles. The predicted octanol–water partition coefficient (Wildman–Crippen LogP) is 3.64. The van der Waals surface area contributed by atoms with Crippen molar-refractivity contribution in [2.75, 3.05) is 0 Å². The Labute approximate surface area is 166 Å². The Bertz CT molecular complexity index is 959. The van der Waals surface area contributed by atoms with Crippen LogP contribution in [0.15, 0.2) is 59.1 Å². The number of nitrogens with zero attached hydrogens (tertiary/aromatic N) is 2. The van der Waals surface area contributed by atoms with Crippen LogP contribution in [0.2, 0.25) is 5.02 Å². The van der Waals surface area contributed by atoms with Crippen LogP contribution in [0, 0.1) is 0 Å². The normalized spacial score (nSPS) is 11.6. The lowest BCUT2D eigenvalue weighted by Gasteiger charge is -2.13. The average Bonchev–Trinajstić information content (AvgIpc) is 3.16. The number of ether oxygens (including phenoxy) is 1. The zero-order chi connectivity index (χ0) is 19.9. The first kappa shape index (κ1) is 19.6. The molecule has 1 atom stereocenters. The standard InChI is InChI=1S/C20H18ClN3O4/c1-13(22-19(26)14-7-3-2-4-8-14)11-18(25)27-12-17-23-20(28-24-17)15-9-5-6-10-16(15)21/h2-10,13H,11-12H2,1H3,(H,22,26). The Balaban J connectivity index is 1.48. The van der Waals surface area contributed by atoms with Crippen molar-refractivity contribution in [2.45, 2.75) is 26.0 Å². The van der Waals surface area contributed by atoms with Gasteiger partial charge in [-0.05, 0) is 31.2 Å². The number of carbonyl (C=O) groups excluding carboxylic acids is 2. The number of rotatable bonds is 7. The van der Waals surface area contributed by atoms with Crippen LogP contribution in [0.5, 0.6) is 0 Å². The van der Waals surface area contributed by atoms with Gasteiger partial charge in [0.2, 0.25) is 5.82 Å². The number of esters is 1. The van der Waals surface area contributed by atoms with E-state index in [9.17, 15) is 9.59 Å². The maximum atomic E-state index is 12.1. The smallest absolute Gasteiger partial charge is 0.308 e. The molecule has 0 radical (unpaired) electrons. The van der Waals surface area contributed by atoms with Gasteiger partial charge < -0.3 is 14.6 Å². The van der Waals surface area contributed by atoms with Gasteiger partial charge in [-0.15, -0.1) is 0 Å². The lowest BCUT2D eigenvalue weighted by Crippen LogP contribution is -2.34. The highest BCUT2D eigenvalue weighted by molar-refractivity contribution is 6.33. The molecule has 8 heteroatoms. The lowest BCUT2D eigenvalue weighted by molar-refractivity contribution is -0.145. The molecular weight excluding hydrogens is 382 g/mol. The first-order valence-corrected chi connectivity index (χ1v) is 8.99. The molecule has 0 aliphatic rings. The van der Waals surface area contributed by atoms with Gasteiger partial charge >= 0.3 is 5.97 Å². The van der Waals surface area contributed by atoms with Gasteiger partial charge in [-0.2, -0.15) is 4.98 Å². The van der Waals surface area contributed by atoms with Crippen molar-refractivity contribution in [3.63, 3.8) is 0 Å². The van der Waals surface area contributed by atoms with E-state index in [1.54, 1.807) is 55.5 Å². The third-order valence-electron chi connectivity index (χ3n) is 3.82. The summed E-state index contributed by atoms with van der Waals surface area (Å²) in [5.74, 6) is -0.252. The molecule has 144 valence electrons. The molecule has 28 heavy (non-hydrogen) atoms. The molecule has 2 aromatic carbocycles. The summed E-state index contributed by atoms with van der Waals surface area (Å²) >= 11 is 6.09. The topological polar surface area (TPSA) is 94.3 Å². The van der Waals surface area contributed by atoms with Gasteiger partial charge in [0.1, 0.15) is 0 Å². The summed E-state index contributed by atoms with van der Waals surface area (Å²) in [5, 5.41) is 7.02. The molecule has 1 N–H and O–H groups in total. The fourth-order valence-corrected chi connectivity index (χ4v) is 2.67. The van der Waals surface area contributed by atoms with E-state index in [1.807, 2.05) is 6.07 Å². The van der Waals surface area contributed by atoms with Crippen LogP contribution in [0.4, 0.5) is 0 Å². The van der Waals surface area contributed by atoms with E-state index >= 15 is 0 Å². The Hall–Kier alpha value is -3.19. The highest BCUT2D eigenvalue weighted by atomic mass is 35.5. The molecule has 1 amide bonds. The Morgan fingerprint density at radius 3 is 2.61 bits per heavy atom. The molecule has 3 rings (SSSR count). The molecular formula is C20H18ClN3O4. The van der Waals surface area contributed by atoms with Gasteiger partial charge in [0.15, 0.2) is 6.61 Å². The van der Waals surface area contributed by atoms with Crippen LogP contribution >= 0.6 is 11.6 Å². The number of amides is 1. The molecule has 1 heterocycles. The number of benzene rings is 2. The van der Waals surface area contributed by atoms with Gasteiger partial charge in [0.25, 0.3) is 11.8 Å². The van der Waals surface area contributed by atoms with Gasteiger partial charge in [-0.25, -0.2) is 0 Å². The van der Waals surface area contributed by atoms with E-state index in [1.165, 1.54) is 0 Å². The average molecular weight is 400 g/mol. The van der Waals surface area contributed by atoms with Crippen molar-refractivity contribution in [1.82, 2.24) is 15.5 Å². The summed E-state index contributed by atoms with van der Waals surface area (Å²) in [6.07, 6.45) is 0.0216. The first-order chi connectivity index (χ1) is 13.5. The van der Waals surface area contributed by atoms with Crippen molar-refractivity contribution in [3.05, 3.63) is 71.0 Å². The van der Waals surface area contributed by atoms with Crippen LogP contribution in [0.3, 0.4) is 0 Å². The third kappa shape index (κ3) is 5.17. The molecule has 1 unspecified atom stereocenters. The second kappa shape index (κ2) is 9.14. The van der Waals surface area contributed by atoms with Gasteiger partial charge in [0, 0.05) is 11.6 Å². The maximum Gasteiger partial charge on any atom is 0.308 e. The Morgan fingerprint density at radius 2 is 1.86 bits per heavy atom. The van der Waals surface area contributed by atoms with Crippen LogP contribution in [-0.4, -0.2) is 28.1 Å².